The van der Waals surface area contributed by atoms with Crippen molar-refractivity contribution in [1.82, 2.24) is 4.98 Å². The first-order valence-electron chi connectivity index (χ1n) is 6.10. The molecule has 92 valence electrons. The van der Waals surface area contributed by atoms with Gasteiger partial charge in [-0.15, -0.1) is 0 Å². The van der Waals surface area contributed by atoms with E-state index < -0.39 is 16.1 Å². The Labute approximate surface area is 107 Å². The predicted octanol–water partition coefficient (Wildman–Crippen LogP) is 3.53. The molecule has 1 nitrogen and oxygen atoms in total. The van der Waals surface area contributed by atoms with Crippen LogP contribution in [-0.4, -0.2) is 21.1 Å². The highest BCUT2D eigenvalue weighted by atomic mass is 28.3. The molecule has 0 fully saturated rings. The monoisotopic (exact) mass is 261 g/mol. The minimum absolute atomic E-state index is 1.06. The van der Waals surface area contributed by atoms with Crippen molar-refractivity contribution in [3.05, 3.63) is 47.9 Å². The highest BCUT2D eigenvalue weighted by Gasteiger charge is 2.20. The molecule has 0 aliphatic rings. The van der Waals surface area contributed by atoms with E-state index in [0.29, 0.717) is 0 Å². The van der Waals surface area contributed by atoms with E-state index in [-0.39, 0.29) is 0 Å². The third-order valence-corrected chi connectivity index (χ3v) is 6.38. The van der Waals surface area contributed by atoms with Crippen LogP contribution >= 0.6 is 0 Å². The number of hydrogen-bond donors (Lipinski definition) is 0. The predicted molar refractivity (Wildman–Crippen MR) is 83.0 cm³/mol. The molecule has 17 heavy (non-hydrogen) atoms. The molecule has 1 aromatic heterocycles. The van der Waals surface area contributed by atoms with Gasteiger partial charge in [0.05, 0.1) is 8.07 Å². The van der Waals surface area contributed by atoms with Gasteiger partial charge in [0.2, 0.25) is 0 Å². The summed E-state index contributed by atoms with van der Waals surface area (Å²) < 4.78 is 0. The molecule has 1 heterocycles. The van der Waals surface area contributed by atoms with Crippen LogP contribution in [0.1, 0.15) is 0 Å². The minimum atomic E-state index is -1.50. The van der Waals surface area contributed by atoms with Gasteiger partial charge in [-0.3, -0.25) is 4.98 Å². The second kappa shape index (κ2) is 5.60. The third kappa shape index (κ3) is 5.28. The molecule has 0 aromatic carbocycles. The molecule has 0 N–H and O–H groups in total. The third-order valence-electron chi connectivity index (χ3n) is 2.55. The average molecular weight is 262 g/mol. The number of aromatic nitrogens is 1. The lowest BCUT2D eigenvalue weighted by atomic mass is 10.5. The zero-order chi connectivity index (χ0) is 12.9. The van der Waals surface area contributed by atoms with Gasteiger partial charge in [0.1, 0.15) is 8.07 Å². The SMILES string of the molecule is C[Si](C)(C)/C=C/C=C/[Si](C)(C)c1ccccn1. The van der Waals surface area contributed by atoms with Crippen molar-refractivity contribution in [2.45, 2.75) is 32.7 Å². The van der Waals surface area contributed by atoms with Crippen molar-refractivity contribution in [1.29, 1.82) is 0 Å². The van der Waals surface area contributed by atoms with E-state index in [0.717, 1.165) is 0 Å². The molecular weight excluding hydrogens is 238 g/mol. The van der Waals surface area contributed by atoms with Crippen LogP contribution in [0.15, 0.2) is 47.9 Å². The number of rotatable bonds is 4. The van der Waals surface area contributed by atoms with E-state index in [4.69, 9.17) is 0 Å². The molecule has 0 aliphatic heterocycles. The maximum atomic E-state index is 4.47. The minimum Gasteiger partial charge on any atom is -0.266 e. The van der Waals surface area contributed by atoms with Gasteiger partial charge in [0, 0.05) is 11.5 Å². The lowest BCUT2D eigenvalue weighted by Crippen LogP contribution is -2.41. The summed E-state index contributed by atoms with van der Waals surface area (Å²) in [5.41, 5.74) is 4.72. The van der Waals surface area contributed by atoms with Crippen molar-refractivity contribution in [3.8, 4) is 0 Å². The van der Waals surface area contributed by atoms with Gasteiger partial charge in [0.25, 0.3) is 0 Å². The topological polar surface area (TPSA) is 12.9 Å². The Morgan fingerprint density at radius 3 is 2.12 bits per heavy atom. The average Bonchev–Trinajstić information content (AvgIpc) is 2.25. The second-order valence-corrected chi connectivity index (χ2v) is 15.4. The highest BCUT2D eigenvalue weighted by Crippen LogP contribution is 2.05. The summed E-state index contributed by atoms with van der Waals surface area (Å²) in [5.74, 6) is 0. The maximum Gasteiger partial charge on any atom is 0.127 e. The van der Waals surface area contributed by atoms with Crippen molar-refractivity contribution in [2.24, 2.45) is 0 Å². The van der Waals surface area contributed by atoms with Crippen molar-refractivity contribution in [2.75, 3.05) is 0 Å². The molecule has 0 radical (unpaired) electrons. The van der Waals surface area contributed by atoms with Gasteiger partial charge >= 0.3 is 0 Å². The van der Waals surface area contributed by atoms with E-state index in [2.05, 4.69) is 73.4 Å². The summed E-state index contributed by atoms with van der Waals surface area (Å²) in [4.78, 5) is 4.47. The summed E-state index contributed by atoms with van der Waals surface area (Å²) >= 11 is 0. The highest BCUT2D eigenvalue weighted by molar-refractivity contribution is 6.93. The molecule has 0 aliphatic carbocycles. The molecule has 0 bridgehead atoms. The van der Waals surface area contributed by atoms with Crippen molar-refractivity contribution >= 4 is 21.5 Å². The normalized spacial score (nSPS) is 13.7. The summed E-state index contributed by atoms with van der Waals surface area (Å²) in [6, 6.07) is 6.18. The summed E-state index contributed by atoms with van der Waals surface area (Å²) in [6.07, 6.45) is 6.30. The fourth-order valence-electron chi connectivity index (χ4n) is 1.47. The molecule has 1 rings (SSSR count). The fraction of sp³-hybridized carbons (Fsp3) is 0.357. The molecular formula is C14H23NSi2. The first-order valence-corrected chi connectivity index (χ1v) is 12.8. The van der Waals surface area contributed by atoms with Crippen LogP contribution in [-0.2, 0) is 0 Å². The van der Waals surface area contributed by atoms with E-state index in [1.165, 1.54) is 5.32 Å². The number of nitrogens with zero attached hydrogens (tertiary/aromatic N) is 1. The van der Waals surface area contributed by atoms with Crippen LogP contribution in [0.25, 0.3) is 0 Å². The van der Waals surface area contributed by atoms with Crippen LogP contribution < -0.4 is 5.32 Å². The van der Waals surface area contributed by atoms with Crippen LogP contribution in [0.5, 0.6) is 0 Å². The van der Waals surface area contributed by atoms with Crippen molar-refractivity contribution in [3.63, 3.8) is 0 Å². The molecule has 0 atom stereocenters. The molecule has 0 spiro atoms. The number of allylic oxidation sites excluding steroid dienone is 2. The zero-order valence-electron chi connectivity index (χ0n) is 11.6. The van der Waals surface area contributed by atoms with E-state index in [1.807, 2.05) is 12.3 Å². The van der Waals surface area contributed by atoms with Gasteiger partial charge in [-0.1, -0.05) is 62.4 Å². The Bertz CT molecular complexity index is 400. The Morgan fingerprint density at radius 2 is 1.59 bits per heavy atom. The Balaban J connectivity index is 2.74. The quantitative estimate of drug-likeness (QED) is 0.597. The lowest BCUT2D eigenvalue weighted by Gasteiger charge is -2.16. The summed E-state index contributed by atoms with van der Waals surface area (Å²) in [6.45, 7) is 11.7. The van der Waals surface area contributed by atoms with Crippen LogP contribution in [0.2, 0.25) is 32.7 Å². The number of hydrogen-bond acceptors (Lipinski definition) is 1. The van der Waals surface area contributed by atoms with Gasteiger partial charge in [-0.05, 0) is 12.1 Å². The first-order chi connectivity index (χ1) is 7.81. The maximum absolute atomic E-state index is 4.47. The van der Waals surface area contributed by atoms with Gasteiger partial charge < -0.3 is 0 Å². The molecule has 0 amide bonds. The van der Waals surface area contributed by atoms with Crippen LogP contribution in [0, 0.1) is 0 Å². The van der Waals surface area contributed by atoms with Crippen molar-refractivity contribution < 1.29 is 0 Å². The molecule has 3 heteroatoms. The lowest BCUT2D eigenvalue weighted by molar-refractivity contribution is 1.37. The largest absolute Gasteiger partial charge is 0.266 e. The zero-order valence-corrected chi connectivity index (χ0v) is 13.6. The van der Waals surface area contributed by atoms with Gasteiger partial charge in [0.15, 0.2) is 0 Å². The molecule has 0 saturated heterocycles. The molecule has 0 saturated carbocycles. The van der Waals surface area contributed by atoms with E-state index in [9.17, 15) is 0 Å². The second-order valence-electron chi connectivity index (χ2n) is 6.02. The van der Waals surface area contributed by atoms with E-state index >= 15 is 0 Å². The summed E-state index contributed by atoms with van der Waals surface area (Å²) in [7, 11) is -2.57. The standard InChI is InChI=1S/C14H23NSi2/c1-16(2,3)12-8-9-13-17(4,5)14-10-6-7-11-15-14/h6-13H,1-5H3/b12-8+,13-9+. The molecule has 0 unspecified atom stereocenters. The van der Waals surface area contributed by atoms with Gasteiger partial charge in [-0.2, -0.15) is 0 Å². The number of pyridine rings is 1. The smallest absolute Gasteiger partial charge is 0.127 e. The fourth-order valence-corrected chi connectivity index (χ4v) is 3.85. The Morgan fingerprint density at radius 1 is 0.941 bits per heavy atom. The first kappa shape index (κ1) is 14.1. The van der Waals surface area contributed by atoms with Gasteiger partial charge in [-0.25, -0.2) is 0 Å². The van der Waals surface area contributed by atoms with E-state index in [1.54, 1.807) is 0 Å². The Hall–Kier alpha value is -0.936. The van der Waals surface area contributed by atoms with Crippen LogP contribution in [0.4, 0.5) is 0 Å². The summed E-state index contributed by atoms with van der Waals surface area (Å²) in [5, 5.41) is 1.25. The Kier molecular flexibility index (Phi) is 4.65. The van der Waals surface area contributed by atoms with Crippen LogP contribution in [0.3, 0.4) is 0 Å². The molecule has 1 aromatic rings.